The van der Waals surface area contributed by atoms with Crippen molar-refractivity contribution in [2.75, 3.05) is 20.7 Å². The van der Waals surface area contributed by atoms with Gasteiger partial charge in [0, 0.05) is 21.1 Å². The fourth-order valence-electron chi connectivity index (χ4n) is 1.98. The summed E-state index contributed by atoms with van der Waals surface area (Å²) in [5, 5.41) is 0. The standard InChI is InChI=1S/C12H21NO4/c1-9(14)13(2)8-12(15)17-11-7-5-4-6-10(11)16-3/h10-11H,4-8H2,1-3H3/t10-,11+/m0/s1. The molecular weight excluding hydrogens is 222 g/mol. The van der Waals surface area contributed by atoms with Crippen LogP contribution in [0.3, 0.4) is 0 Å². The Morgan fingerprint density at radius 1 is 1.24 bits per heavy atom. The zero-order chi connectivity index (χ0) is 12.8. The highest BCUT2D eigenvalue weighted by atomic mass is 16.6. The highest BCUT2D eigenvalue weighted by Crippen LogP contribution is 2.23. The molecule has 0 bridgehead atoms. The number of methoxy groups -OCH3 is 1. The number of hydrogen-bond donors (Lipinski definition) is 0. The van der Waals surface area contributed by atoms with Gasteiger partial charge in [0.2, 0.25) is 5.91 Å². The van der Waals surface area contributed by atoms with E-state index < -0.39 is 0 Å². The van der Waals surface area contributed by atoms with Crippen molar-refractivity contribution in [3.8, 4) is 0 Å². The molecule has 5 heteroatoms. The number of likely N-dealkylation sites (N-methyl/N-ethyl adjacent to an activating group) is 1. The smallest absolute Gasteiger partial charge is 0.325 e. The maximum atomic E-state index is 11.6. The molecule has 0 aromatic heterocycles. The van der Waals surface area contributed by atoms with Crippen LogP contribution in [-0.4, -0.2) is 49.7 Å². The number of esters is 1. The summed E-state index contributed by atoms with van der Waals surface area (Å²) in [6, 6.07) is 0. The van der Waals surface area contributed by atoms with Gasteiger partial charge in [-0.3, -0.25) is 9.59 Å². The van der Waals surface area contributed by atoms with Crippen LogP contribution in [0.5, 0.6) is 0 Å². The van der Waals surface area contributed by atoms with Gasteiger partial charge >= 0.3 is 5.97 Å². The van der Waals surface area contributed by atoms with Crippen LogP contribution in [-0.2, 0) is 19.1 Å². The molecule has 0 saturated heterocycles. The van der Waals surface area contributed by atoms with E-state index in [1.54, 1.807) is 14.2 Å². The molecule has 1 saturated carbocycles. The van der Waals surface area contributed by atoms with Gasteiger partial charge in [0.25, 0.3) is 0 Å². The molecule has 0 aromatic carbocycles. The normalized spacial score (nSPS) is 24.2. The second kappa shape index (κ2) is 6.59. The SMILES string of the molecule is CO[C@H]1CCCC[C@H]1OC(=O)CN(C)C(C)=O. The van der Waals surface area contributed by atoms with Crippen molar-refractivity contribution in [2.45, 2.75) is 44.8 Å². The molecule has 0 N–H and O–H groups in total. The lowest BCUT2D eigenvalue weighted by atomic mass is 9.94. The Hall–Kier alpha value is -1.10. The molecule has 1 fully saturated rings. The maximum absolute atomic E-state index is 11.6. The summed E-state index contributed by atoms with van der Waals surface area (Å²) in [6.45, 7) is 1.42. The van der Waals surface area contributed by atoms with Crippen LogP contribution >= 0.6 is 0 Å². The van der Waals surface area contributed by atoms with Gasteiger partial charge in [0.1, 0.15) is 12.6 Å². The molecule has 2 atom stereocenters. The van der Waals surface area contributed by atoms with Crippen LogP contribution < -0.4 is 0 Å². The Balaban J connectivity index is 2.41. The minimum absolute atomic E-state index is 0.00225. The number of rotatable bonds is 4. The second-order valence-electron chi connectivity index (χ2n) is 4.46. The van der Waals surface area contributed by atoms with E-state index in [-0.39, 0.29) is 30.6 Å². The van der Waals surface area contributed by atoms with Crippen molar-refractivity contribution >= 4 is 11.9 Å². The maximum Gasteiger partial charge on any atom is 0.325 e. The van der Waals surface area contributed by atoms with E-state index in [9.17, 15) is 9.59 Å². The van der Waals surface area contributed by atoms with Gasteiger partial charge in [-0.25, -0.2) is 0 Å². The lowest BCUT2D eigenvalue weighted by molar-refractivity contribution is -0.161. The number of amides is 1. The summed E-state index contributed by atoms with van der Waals surface area (Å²) in [7, 11) is 3.22. The van der Waals surface area contributed by atoms with Gasteiger partial charge in [-0.15, -0.1) is 0 Å². The molecule has 0 aromatic rings. The molecule has 1 amide bonds. The third-order valence-corrected chi connectivity index (χ3v) is 3.13. The minimum atomic E-state index is -0.364. The van der Waals surface area contributed by atoms with Crippen LogP contribution in [0.25, 0.3) is 0 Å². The Labute approximate surface area is 102 Å². The molecule has 5 nitrogen and oxygen atoms in total. The van der Waals surface area contributed by atoms with E-state index in [1.165, 1.54) is 11.8 Å². The largest absolute Gasteiger partial charge is 0.458 e. The zero-order valence-electron chi connectivity index (χ0n) is 10.8. The van der Waals surface area contributed by atoms with Gasteiger partial charge in [0.05, 0.1) is 6.10 Å². The molecule has 0 heterocycles. The number of nitrogens with zero attached hydrogens (tertiary/aromatic N) is 1. The monoisotopic (exact) mass is 243 g/mol. The van der Waals surface area contributed by atoms with E-state index in [2.05, 4.69) is 0 Å². The van der Waals surface area contributed by atoms with E-state index in [0.717, 1.165) is 25.7 Å². The van der Waals surface area contributed by atoms with Gasteiger partial charge < -0.3 is 14.4 Å². The first-order chi connectivity index (χ1) is 8.04. The first-order valence-electron chi connectivity index (χ1n) is 5.98. The summed E-state index contributed by atoms with van der Waals surface area (Å²) >= 11 is 0. The molecule has 1 rings (SSSR count). The minimum Gasteiger partial charge on any atom is -0.458 e. The fourth-order valence-corrected chi connectivity index (χ4v) is 1.98. The molecular formula is C12H21NO4. The van der Waals surface area contributed by atoms with Crippen molar-refractivity contribution in [3.63, 3.8) is 0 Å². The molecule has 0 spiro atoms. The summed E-state index contributed by atoms with van der Waals surface area (Å²) in [5.41, 5.74) is 0. The molecule has 0 radical (unpaired) electrons. The molecule has 17 heavy (non-hydrogen) atoms. The van der Waals surface area contributed by atoms with Crippen molar-refractivity contribution in [1.29, 1.82) is 0 Å². The molecule has 1 aliphatic rings. The van der Waals surface area contributed by atoms with Gasteiger partial charge in [-0.2, -0.15) is 0 Å². The number of carbonyl (C=O) groups is 2. The third kappa shape index (κ3) is 4.34. The fraction of sp³-hybridized carbons (Fsp3) is 0.833. The van der Waals surface area contributed by atoms with E-state index >= 15 is 0 Å². The van der Waals surface area contributed by atoms with Crippen molar-refractivity contribution in [3.05, 3.63) is 0 Å². The van der Waals surface area contributed by atoms with Crippen molar-refractivity contribution in [2.24, 2.45) is 0 Å². The Morgan fingerprint density at radius 3 is 2.35 bits per heavy atom. The van der Waals surface area contributed by atoms with Gasteiger partial charge in [-0.05, 0) is 19.3 Å². The zero-order valence-corrected chi connectivity index (χ0v) is 10.8. The van der Waals surface area contributed by atoms with E-state index in [1.807, 2.05) is 0 Å². The van der Waals surface area contributed by atoms with Gasteiger partial charge in [-0.1, -0.05) is 6.42 Å². The second-order valence-corrected chi connectivity index (χ2v) is 4.46. The number of carbonyl (C=O) groups excluding carboxylic acids is 2. The van der Waals surface area contributed by atoms with Crippen LogP contribution in [0.4, 0.5) is 0 Å². The van der Waals surface area contributed by atoms with Crippen LogP contribution in [0.1, 0.15) is 32.6 Å². The molecule has 0 aliphatic heterocycles. The van der Waals surface area contributed by atoms with Crippen molar-refractivity contribution < 1.29 is 19.1 Å². The average Bonchev–Trinajstić information content (AvgIpc) is 2.29. The van der Waals surface area contributed by atoms with E-state index in [4.69, 9.17) is 9.47 Å². The summed E-state index contributed by atoms with van der Waals surface area (Å²) in [5.74, 6) is -0.509. The highest BCUT2D eigenvalue weighted by molar-refractivity contribution is 5.80. The third-order valence-electron chi connectivity index (χ3n) is 3.13. The quantitative estimate of drug-likeness (QED) is 0.690. The van der Waals surface area contributed by atoms with Crippen LogP contribution in [0.2, 0.25) is 0 Å². The highest BCUT2D eigenvalue weighted by Gasteiger charge is 2.28. The summed E-state index contributed by atoms with van der Waals surface area (Å²) < 4.78 is 10.7. The van der Waals surface area contributed by atoms with Gasteiger partial charge in [0.15, 0.2) is 0 Å². The predicted octanol–water partition coefficient (Wildman–Crippen LogP) is 0.965. The van der Waals surface area contributed by atoms with Crippen molar-refractivity contribution in [1.82, 2.24) is 4.90 Å². The molecule has 0 unspecified atom stereocenters. The van der Waals surface area contributed by atoms with Crippen LogP contribution in [0.15, 0.2) is 0 Å². The first kappa shape index (κ1) is 14.0. The average molecular weight is 243 g/mol. The Morgan fingerprint density at radius 2 is 1.82 bits per heavy atom. The lowest BCUT2D eigenvalue weighted by Gasteiger charge is -2.30. The van der Waals surface area contributed by atoms with E-state index in [0.29, 0.717) is 0 Å². The number of hydrogen-bond acceptors (Lipinski definition) is 4. The topological polar surface area (TPSA) is 55.8 Å². The first-order valence-corrected chi connectivity index (χ1v) is 5.98. The molecule has 1 aliphatic carbocycles. The Bertz CT molecular complexity index is 280. The number of ether oxygens (including phenoxy) is 2. The lowest BCUT2D eigenvalue weighted by Crippen LogP contribution is -2.39. The Kier molecular flexibility index (Phi) is 5.41. The molecule has 98 valence electrons. The summed E-state index contributed by atoms with van der Waals surface area (Å²) in [4.78, 5) is 23.9. The van der Waals surface area contributed by atoms with Crippen LogP contribution in [0, 0.1) is 0 Å². The predicted molar refractivity (Wildman–Crippen MR) is 62.5 cm³/mol. The summed E-state index contributed by atoms with van der Waals surface area (Å²) in [6.07, 6.45) is 3.77.